The van der Waals surface area contributed by atoms with E-state index in [1.54, 1.807) is 7.11 Å². The highest BCUT2D eigenvalue weighted by molar-refractivity contribution is 8.00. The molecule has 0 radical (unpaired) electrons. The number of nitrogens with one attached hydrogen (secondary N) is 1. The fourth-order valence-electron chi connectivity index (χ4n) is 1.69. The lowest BCUT2D eigenvalue weighted by Gasteiger charge is -2.24. The van der Waals surface area contributed by atoms with Gasteiger partial charge in [-0.15, -0.1) is 0 Å². The van der Waals surface area contributed by atoms with Gasteiger partial charge in [-0.25, -0.2) is 0 Å². The quantitative estimate of drug-likeness (QED) is 0.636. The molecule has 3 N–H and O–H groups in total. The van der Waals surface area contributed by atoms with Gasteiger partial charge in [-0.2, -0.15) is 11.8 Å². The highest BCUT2D eigenvalue weighted by atomic mass is 32.2. The van der Waals surface area contributed by atoms with E-state index in [4.69, 9.17) is 10.6 Å². The van der Waals surface area contributed by atoms with Gasteiger partial charge in [0.1, 0.15) is 5.75 Å². The van der Waals surface area contributed by atoms with Crippen LogP contribution in [0.4, 0.5) is 0 Å². The lowest BCUT2D eigenvalue weighted by atomic mass is 10.0. The molecule has 1 aromatic carbocycles. The van der Waals surface area contributed by atoms with Crippen molar-refractivity contribution in [1.29, 1.82) is 0 Å². The summed E-state index contributed by atoms with van der Waals surface area (Å²) in [6, 6.07) is 6.28. The molecule has 1 unspecified atom stereocenters. The van der Waals surface area contributed by atoms with Crippen molar-refractivity contribution in [2.24, 2.45) is 5.84 Å². The van der Waals surface area contributed by atoms with E-state index in [1.807, 2.05) is 23.9 Å². The number of rotatable bonds is 5. The first kappa shape index (κ1) is 15.3. The van der Waals surface area contributed by atoms with Crippen LogP contribution in [0.1, 0.15) is 37.9 Å². The molecule has 1 aromatic rings. The Kier molecular flexibility index (Phi) is 5.50. The van der Waals surface area contributed by atoms with Gasteiger partial charge in [0.05, 0.1) is 13.2 Å². The third-order valence-corrected chi connectivity index (χ3v) is 4.01. The van der Waals surface area contributed by atoms with E-state index in [0.717, 1.165) is 17.1 Å². The van der Waals surface area contributed by atoms with Gasteiger partial charge in [0, 0.05) is 16.1 Å². The zero-order valence-electron chi connectivity index (χ0n) is 11.9. The molecular weight excluding hydrogens is 244 g/mol. The van der Waals surface area contributed by atoms with E-state index in [0.29, 0.717) is 0 Å². The van der Waals surface area contributed by atoms with Crippen LogP contribution in [0.15, 0.2) is 18.2 Å². The van der Waals surface area contributed by atoms with Crippen molar-refractivity contribution >= 4 is 11.8 Å². The monoisotopic (exact) mass is 268 g/mol. The van der Waals surface area contributed by atoms with Gasteiger partial charge in [-0.1, -0.05) is 38.5 Å². The highest BCUT2D eigenvalue weighted by Crippen LogP contribution is 2.32. The summed E-state index contributed by atoms with van der Waals surface area (Å²) in [5, 5.41) is 0. The third kappa shape index (κ3) is 4.52. The zero-order chi connectivity index (χ0) is 13.8. The standard InChI is InChI=1S/C14H24N2OS/c1-10-6-7-13(17-5)11(8-10)12(16-15)9-18-14(2,3)4/h6-8,12,16H,9,15H2,1-5H3. The Morgan fingerprint density at radius 3 is 2.56 bits per heavy atom. The van der Waals surface area contributed by atoms with Crippen LogP contribution in [0.2, 0.25) is 0 Å². The van der Waals surface area contributed by atoms with Crippen LogP contribution >= 0.6 is 11.8 Å². The summed E-state index contributed by atoms with van der Waals surface area (Å²) in [4.78, 5) is 0. The molecule has 0 aromatic heterocycles. The third-order valence-electron chi connectivity index (χ3n) is 2.64. The predicted molar refractivity (Wildman–Crippen MR) is 80.0 cm³/mol. The summed E-state index contributed by atoms with van der Waals surface area (Å²) < 4.78 is 5.64. The van der Waals surface area contributed by atoms with E-state index < -0.39 is 0 Å². The van der Waals surface area contributed by atoms with E-state index in [1.165, 1.54) is 5.56 Å². The fourth-order valence-corrected chi connectivity index (χ4v) is 2.63. The van der Waals surface area contributed by atoms with E-state index in [9.17, 15) is 0 Å². The van der Waals surface area contributed by atoms with Crippen LogP contribution in [0.3, 0.4) is 0 Å². The summed E-state index contributed by atoms with van der Waals surface area (Å²) >= 11 is 1.89. The maximum Gasteiger partial charge on any atom is 0.123 e. The lowest BCUT2D eigenvalue weighted by molar-refractivity contribution is 0.402. The first-order chi connectivity index (χ1) is 8.37. The van der Waals surface area contributed by atoms with Crippen LogP contribution in [-0.2, 0) is 0 Å². The average Bonchev–Trinajstić information content (AvgIpc) is 2.28. The number of hydrogen-bond acceptors (Lipinski definition) is 4. The summed E-state index contributed by atoms with van der Waals surface area (Å²) in [6.07, 6.45) is 0. The summed E-state index contributed by atoms with van der Waals surface area (Å²) in [7, 11) is 1.69. The molecule has 0 spiro atoms. The second kappa shape index (κ2) is 6.45. The number of aryl methyl sites for hydroxylation is 1. The van der Waals surface area contributed by atoms with Crippen LogP contribution in [0.25, 0.3) is 0 Å². The van der Waals surface area contributed by atoms with Crippen molar-refractivity contribution in [2.45, 2.75) is 38.5 Å². The van der Waals surface area contributed by atoms with Gasteiger partial charge in [0.2, 0.25) is 0 Å². The van der Waals surface area contributed by atoms with Crippen molar-refractivity contribution in [1.82, 2.24) is 5.43 Å². The first-order valence-electron chi connectivity index (χ1n) is 6.12. The van der Waals surface area contributed by atoms with E-state index >= 15 is 0 Å². The van der Waals surface area contributed by atoms with Crippen molar-refractivity contribution in [3.05, 3.63) is 29.3 Å². The summed E-state index contributed by atoms with van der Waals surface area (Å²) in [5.74, 6) is 7.49. The maximum atomic E-state index is 5.69. The molecule has 0 fully saturated rings. The van der Waals surface area contributed by atoms with E-state index in [-0.39, 0.29) is 10.8 Å². The Bertz CT molecular complexity index is 388. The first-order valence-corrected chi connectivity index (χ1v) is 7.10. The number of ether oxygens (including phenoxy) is 1. The Morgan fingerprint density at radius 1 is 1.39 bits per heavy atom. The molecule has 0 amide bonds. The summed E-state index contributed by atoms with van der Waals surface area (Å²) in [6.45, 7) is 8.70. The van der Waals surface area contributed by atoms with Crippen LogP contribution in [0, 0.1) is 6.92 Å². The Labute approximate surface area is 114 Å². The zero-order valence-corrected chi connectivity index (χ0v) is 12.7. The van der Waals surface area contributed by atoms with Gasteiger partial charge in [-0.05, 0) is 13.0 Å². The molecule has 0 aliphatic carbocycles. The maximum absolute atomic E-state index is 5.69. The number of nitrogens with two attached hydrogens (primary N) is 1. The minimum atomic E-state index is 0.101. The number of thioether (sulfide) groups is 1. The molecule has 3 nitrogen and oxygen atoms in total. The molecule has 1 rings (SSSR count). The van der Waals surface area contributed by atoms with Crippen LogP contribution in [0.5, 0.6) is 5.75 Å². The second-order valence-electron chi connectivity index (χ2n) is 5.39. The molecule has 4 heteroatoms. The van der Waals surface area contributed by atoms with Crippen molar-refractivity contribution in [3.8, 4) is 5.75 Å². The molecule has 0 aliphatic rings. The fraction of sp³-hybridized carbons (Fsp3) is 0.571. The molecule has 18 heavy (non-hydrogen) atoms. The SMILES string of the molecule is COc1ccc(C)cc1C(CSC(C)(C)C)NN. The Morgan fingerprint density at radius 2 is 2.06 bits per heavy atom. The molecule has 0 heterocycles. The predicted octanol–water partition coefficient (Wildman–Crippen LogP) is 3.04. The van der Waals surface area contributed by atoms with Gasteiger partial charge in [-0.3, -0.25) is 11.3 Å². The second-order valence-corrected chi connectivity index (χ2v) is 7.23. The molecule has 0 bridgehead atoms. The number of methoxy groups -OCH3 is 1. The van der Waals surface area contributed by atoms with E-state index in [2.05, 4.69) is 39.2 Å². The number of hydrazine groups is 1. The molecular formula is C14H24N2OS. The van der Waals surface area contributed by atoms with Crippen molar-refractivity contribution < 1.29 is 4.74 Å². The molecule has 102 valence electrons. The molecule has 1 atom stereocenters. The minimum Gasteiger partial charge on any atom is -0.496 e. The number of hydrogen-bond donors (Lipinski definition) is 2. The normalized spacial score (nSPS) is 13.4. The van der Waals surface area contributed by atoms with Gasteiger partial charge >= 0.3 is 0 Å². The highest BCUT2D eigenvalue weighted by Gasteiger charge is 2.19. The van der Waals surface area contributed by atoms with Gasteiger partial charge in [0.15, 0.2) is 0 Å². The molecule has 0 aliphatic heterocycles. The van der Waals surface area contributed by atoms with Crippen LogP contribution < -0.4 is 16.0 Å². The summed E-state index contributed by atoms with van der Waals surface area (Å²) in [5.41, 5.74) is 5.23. The Hall–Kier alpha value is -0.710. The van der Waals surface area contributed by atoms with Crippen LogP contribution in [-0.4, -0.2) is 17.6 Å². The lowest BCUT2D eigenvalue weighted by Crippen LogP contribution is -2.31. The van der Waals surface area contributed by atoms with Gasteiger partial charge < -0.3 is 4.74 Å². The largest absolute Gasteiger partial charge is 0.496 e. The number of benzene rings is 1. The smallest absolute Gasteiger partial charge is 0.123 e. The van der Waals surface area contributed by atoms with Crippen molar-refractivity contribution in [3.63, 3.8) is 0 Å². The molecule has 0 saturated heterocycles. The average molecular weight is 268 g/mol. The van der Waals surface area contributed by atoms with Gasteiger partial charge in [0.25, 0.3) is 0 Å². The minimum absolute atomic E-state index is 0.101. The molecule has 0 saturated carbocycles. The van der Waals surface area contributed by atoms with Crippen molar-refractivity contribution in [2.75, 3.05) is 12.9 Å². The topological polar surface area (TPSA) is 47.3 Å². The Balaban J connectivity index is 2.90.